The van der Waals surface area contributed by atoms with Crippen LogP contribution in [0.25, 0.3) is 0 Å². The van der Waals surface area contributed by atoms with Crippen molar-refractivity contribution in [1.82, 2.24) is 30.3 Å². The minimum absolute atomic E-state index is 0.215. The average molecular weight is 374 g/mol. The van der Waals surface area contributed by atoms with E-state index in [1.165, 1.54) is 12.8 Å². The van der Waals surface area contributed by atoms with Crippen LogP contribution in [0.1, 0.15) is 44.4 Å². The molecule has 8 heteroatoms. The van der Waals surface area contributed by atoms with Crippen LogP contribution in [0.2, 0.25) is 0 Å². The Kier molecular flexibility index (Phi) is 7.70. The van der Waals surface area contributed by atoms with E-state index in [1.807, 2.05) is 10.6 Å². The Hall–Kier alpha value is -2.35. The van der Waals surface area contributed by atoms with E-state index in [0.717, 1.165) is 57.3 Å². The lowest BCUT2D eigenvalue weighted by molar-refractivity contribution is 0.221. The van der Waals surface area contributed by atoms with Gasteiger partial charge in [0.15, 0.2) is 5.96 Å². The first-order chi connectivity index (χ1) is 13.4. The van der Waals surface area contributed by atoms with E-state index in [0.29, 0.717) is 6.54 Å². The van der Waals surface area contributed by atoms with E-state index >= 15 is 0 Å². The minimum Gasteiger partial charge on any atom is -0.468 e. The lowest BCUT2D eigenvalue weighted by atomic mass is 10.2. The van der Waals surface area contributed by atoms with Crippen molar-refractivity contribution in [1.29, 1.82) is 0 Å². The van der Waals surface area contributed by atoms with E-state index in [2.05, 4.69) is 38.7 Å². The summed E-state index contributed by atoms with van der Waals surface area (Å²) < 4.78 is 7.69. The van der Waals surface area contributed by atoms with E-state index in [1.54, 1.807) is 18.9 Å². The van der Waals surface area contributed by atoms with Crippen LogP contribution in [-0.2, 0) is 6.54 Å². The van der Waals surface area contributed by atoms with E-state index in [4.69, 9.17) is 9.41 Å². The van der Waals surface area contributed by atoms with Gasteiger partial charge in [-0.3, -0.25) is 9.89 Å². The molecule has 2 aromatic rings. The third-order valence-electron chi connectivity index (χ3n) is 4.82. The largest absolute Gasteiger partial charge is 0.468 e. The van der Waals surface area contributed by atoms with Crippen molar-refractivity contribution >= 4 is 5.96 Å². The number of hydrogen-bond acceptors (Lipinski definition) is 5. The van der Waals surface area contributed by atoms with Gasteiger partial charge in [-0.2, -0.15) is 0 Å². The Balaban J connectivity index is 1.48. The van der Waals surface area contributed by atoms with Gasteiger partial charge >= 0.3 is 0 Å². The first kappa shape index (κ1) is 19.4. The van der Waals surface area contributed by atoms with Crippen molar-refractivity contribution in [2.45, 2.75) is 45.2 Å². The molecule has 1 unspecified atom stereocenters. The molecule has 2 N–H and O–H groups in total. The van der Waals surface area contributed by atoms with Crippen LogP contribution in [0.5, 0.6) is 0 Å². The second kappa shape index (κ2) is 10.7. The van der Waals surface area contributed by atoms with Crippen LogP contribution >= 0.6 is 0 Å². The molecule has 0 spiro atoms. The number of hydrogen-bond donors (Lipinski definition) is 2. The molecule has 0 saturated carbocycles. The number of aliphatic imine (C=N–C) groups is 1. The lowest BCUT2D eigenvalue weighted by Crippen LogP contribution is -2.38. The number of nitrogens with zero attached hydrogens (tertiary/aromatic N) is 5. The molecular weight excluding hydrogens is 342 g/mol. The fourth-order valence-electron chi connectivity index (χ4n) is 3.40. The monoisotopic (exact) mass is 373 g/mol. The normalized spacial score (nSPS) is 16.6. The summed E-state index contributed by atoms with van der Waals surface area (Å²) in [7, 11) is 0. The maximum Gasteiger partial charge on any atom is 0.191 e. The molecule has 0 aliphatic carbocycles. The molecule has 8 nitrogen and oxygen atoms in total. The van der Waals surface area contributed by atoms with E-state index in [9.17, 15) is 0 Å². The number of unbranched alkanes of at least 4 members (excludes halogenated alkanes) is 1. The van der Waals surface area contributed by atoms with E-state index in [-0.39, 0.29) is 6.04 Å². The number of furan rings is 1. The predicted octanol–water partition coefficient (Wildman–Crippen LogP) is 2.04. The molecule has 3 heterocycles. The fraction of sp³-hybridized carbons (Fsp3) is 0.632. The van der Waals surface area contributed by atoms with Crippen molar-refractivity contribution < 1.29 is 4.42 Å². The van der Waals surface area contributed by atoms with Crippen LogP contribution in [-0.4, -0.2) is 58.3 Å². The highest BCUT2D eigenvalue weighted by atomic mass is 16.3. The Morgan fingerprint density at radius 1 is 1.22 bits per heavy atom. The molecule has 0 radical (unpaired) electrons. The van der Waals surface area contributed by atoms with Crippen LogP contribution in [0.4, 0.5) is 0 Å². The van der Waals surface area contributed by atoms with Crippen molar-refractivity contribution in [3.8, 4) is 0 Å². The minimum atomic E-state index is 0.215. The van der Waals surface area contributed by atoms with Gasteiger partial charge in [0.1, 0.15) is 18.4 Å². The Labute approximate surface area is 161 Å². The smallest absolute Gasteiger partial charge is 0.191 e. The second-order valence-corrected chi connectivity index (χ2v) is 6.83. The molecule has 2 aromatic heterocycles. The number of guanidine groups is 1. The maximum atomic E-state index is 5.68. The van der Waals surface area contributed by atoms with Gasteiger partial charge in [-0.1, -0.05) is 0 Å². The molecule has 1 fully saturated rings. The van der Waals surface area contributed by atoms with Gasteiger partial charge in [-0.25, -0.2) is 0 Å². The number of likely N-dealkylation sites (tertiary alicyclic amines) is 1. The summed E-state index contributed by atoms with van der Waals surface area (Å²) in [5.74, 6) is 1.88. The SMILES string of the molecule is CCNC(=NCC(c1ccco1)N1CCCC1)NCCCCn1cnnc1. The van der Waals surface area contributed by atoms with Gasteiger partial charge in [0.25, 0.3) is 0 Å². The quantitative estimate of drug-likeness (QED) is 0.377. The summed E-state index contributed by atoms with van der Waals surface area (Å²) in [6.07, 6.45) is 9.92. The van der Waals surface area contributed by atoms with Crippen molar-refractivity contribution in [3.05, 3.63) is 36.8 Å². The van der Waals surface area contributed by atoms with Crippen LogP contribution in [0.15, 0.2) is 40.5 Å². The van der Waals surface area contributed by atoms with Crippen molar-refractivity contribution in [2.24, 2.45) is 4.99 Å². The van der Waals surface area contributed by atoms with E-state index < -0.39 is 0 Å². The fourth-order valence-corrected chi connectivity index (χ4v) is 3.40. The Morgan fingerprint density at radius 3 is 2.74 bits per heavy atom. The standard InChI is InChI=1S/C19H31N7O/c1-2-20-19(21-9-3-4-10-25-15-23-24-16-25)22-14-17(18-8-7-13-27-18)26-11-5-6-12-26/h7-8,13,15-17H,2-6,9-12,14H2,1H3,(H2,20,21,22). The topological polar surface area (TPSA) is 83.5 Å². The number of rotatable bonds is 10. The van der Waals surface area contributed by atoms with Gasteiger partial charge in [0.2, 0.25) is 0 Å². The zero-order valence-corrected chi connectivity index (χ0v) is 16.2. The molecule has 148 valence electrons. The van der Waals surface area contributed by atoms with Gasteiger partial charge in [-0.15, -0.1) is 10.2 Å². The summed E-state index contributed by atoms with van der Waals surface area (Å²) in [5.41, 5.74) is 0. The zero-order valence-electron chi connectivity index (χ0n) is 16.2. The number of nitrogens with one attached hydrogen (secondary N) is 2. The van der Waals surface area contributed by atoms with Crippen LogP contribution < -0.4 is 10.6 Å². The molecule has 1 aliphatic heterocycles. The summed E-state index contributed by atoms with van der Waals surface area (Å²) in [6.45, 7) is 7.71. The first-order valence-electron chi connectivity index (χ1n) is 9.99. The molecule has 0 amide bonds. The highest BCUT2D eigenvalue weighted by Crippen LogP contribution is 2.25. The molecule has 0 aromatic carbocycles. The van der Waals surface area contributed by atoms with Crippen molar-refractivity contribution in [2.75, 3.05) is 32.7 Å². The summed E-state index contributed by atoms with van der Waals surface area (Å²) in [5, 5.41) is 14.4. The molecular formula is C19H31N7O. The number of aryl methyl sites for hydroxylation is 1. The molecule has 27 heavy (non-hydrogen) atoms. The molecule has 1 aliphatic rings. The molecule has 1 atom stereocenters. The van der Waals surface area contributed by atoms with Crippen LogP contribution in [0, 0.1) is 0 Å². The third-order valence-corrected chi connectivity index (χ3v) is 4.82. The van der Waals surface area contributed by atoms with Gasteiger partial charge in [0.05, 0.1) is 18.8 Å². The highest BCUT2D eigenvalue weighted by molar-refractivity contribution is 5.79. The molecule has 1 saturated heterocycles. The Morgan fingerprint density at radius 2 is 2.04 bits per heavy atom. The maximum absolute atomic E-state index is 5.68. The molecule has 0 bridgehead atoms. The van der Waals surface area contributed by atoms with Gasteiger partial charge < -0.3 is 19.6 Å². The zero-order chi connectivity index (χ0) is 18.7. The summed E-state index contributed by atoms with van der Waals surface area (Å²) in [6, 6.07) is 4.23. The van der Waals surface area contributed by atoms with Gasteiger partial charge in [-0.05, 0) is 57.8 Å². The summed E-state index contributed by atoms with van der Waals surface area (Å²) in [4.78, 5) is 7.31. The first-order valence-corrected chi connectivity index (χ1v) is 9.99. The Bertz CT molecular complexity index is 648. The lowest BCUT2D eigenvalue weighted by Gasteiger charge is -2.24. The summed E-state index contributed by atoms with van der Waals surface area (Å²) >= 11 is 0. The van der Waals surface area contributed by atoms with Crippen LogP contribution in [0.3, 0.4) is 0 Å². The highest BCUT2D eigenvalue weighted by Gasteiger charge is 2.25. The van der Waals surface area contributed by atoms with Gasteiger partial charge in [0, 0.05) is 19.6 Å². The number of aromatic nitrogens is 3. The predicted molar refractivity (Wildman–Crippen MR) is 105 cm³/mol. The average Bonchev–Trinajstić information content (AvgIpc) is 3.44. The third kappa shape index (κ3) is 6.09. The van der Waals surface area contributed by atoms with Crippen molar-refractivity contribution in [3.63, 3.8) is 0 Å². The molecule has 3 rings (SSSR count). The second-order valence-electron chi connectivity index (χ2n) is 6.83.